The molecule has 16 heavy (non-hydrogen) atoms. The SMILES string of the molecule is O=C(O)Cc1cc(Cl)c(C(F)F)nc1CBr. The summed E-state index contributed by atoms with van der Waals surface area (Å²) in [7, 11) is 0. The molecular formula is C9H7BrClF2NO2. The molecule has 0 aliphatic rings. The molecule has 88 valence electrons. The van der Waals surface area contributed by atoms with E-state index in [4.69, 9.17) is 16.7 Å². The Morgan fingerprint density at radius 3 is 2.69 bits per heavy atom. The van der Waals surface area contributed by atoms with Crippen LogP contribution in [-0.4, -0.2) is 16.1 Å². The van der Waals surface area contributed by atoms with Crippen LogP contribution in [0.1, 0.15) is 23.4 Å². The Kier molecular flexibility index (Phi) is 4.61. The van der Waals surface area contributed by atoms with E-state index in [2.05, 4.69) is 20.9 Å². The van der Waals surface area contributed by atoms with Gasteiger partial charge in [0.2, 0.25) is 0 Å². The first-order valence-electron chi connectivity index (χ1n) is 4.19. The van der Waals surface area contributed by atoms with Crippen LogP contribution in [0.3, 0.4) is 0 Å². The van der Waals surface area contributed by atoms with Crippen LogP contribution >= 0.6 is 27.5 Å². The number of aliphatic carboxylic acids is 1. The predicted molar refractivity (Wildman–Crippen MR) is 58.2 cm³/mol. The van der Waals surface area contributed by atoms with E-state index in [9.17, 15) is 13.6 Å². The van der Waals surface area contributed by atoms with Gasteiger partial charge in [0.1, 0.15) is 5.69 Å². The molecule has 0 aromatic carbocycles. The van der Waals surface area contributed by atoms with Crippen LogP contribution in [0.2, 0.25) is 5.02 Å². The summed E-state index contributed by atoms with van der Waals surface area (Å²) < 4.78 is 24.9. The molecule has 0 amide bonds. The van der Waals surface area contributed by atoms with Gasteiger partial charge in [0.25, 0.3) is 6.43 Å². The van der Waals surface area contributed by atoms with E-state index in [-0.39, 0.29) is 22.5 Å². The van der Waals surface area contributed by atoms with Gasteiger partial charge in [-0.05, 0) is 11.6 Å². The number of hydrogen-bond donors (Lipinski definition) is 1. The number of carboxylic acid groups (broad SMARTS) is 1. The first kappa shape index (κ1) is 13.3. The van der Waals surface area contributed by atoms with Gasteiger partial charge in [0, 0.05) is 5.33 Å². The molecule has 0 saturated heterocycles. The third-order valence-electron chi connectivity index (χ3n) is 1.85. The zero-order chi connectivity index (χ0) is 12.3. The minimum atomic E-state index is -2.77. The van der Waals surface area contributed by atoms with Crippen LogP contribution in [-0.2, 0) is 16.5 Å². The average Bonchev–Trinajstić information content (AvgIpc) is 2.16. The highest BCUT2D eigenvalue weighted by Crippen LogP contribution is 2.28. The van der Waals surface area contributed by atoms with Gasteiger partial charge < -0.3 is 5.11 Å². The van der Waals surface area contributed by atoms with E-state index in [1.807, 2.05) is 0 Å². The summed E-state index contributed by atoms with van der Waals surface area (Å²) in [6, 6.07) is 1.22. The lowest BCUT2D eigenvalue weighted by Gasteiger charge is -2.09. The Hall–Kier alpha value is -0.750. The quantitative estimate of drug-likeness (QED) is 0.868. The number of nitrogens with zero attached hydrogens (tertiary/aromatic N) is 1. The van der Waals surface area contributed by atoms with Crippen molar-refractivity contribution in [2.75, 3.05) is 0 Å². The smallest absolute Gasteiger partial charge is 0.307 e. The summed E-state index contributed by atoms with van der Waals surface area (Å²) >= 11 is 8.65. The largest absolute Gasteiger partial charge is 0.481 e. The number of pyridine rings is 1. The summed E-state index contributed by atoms with van der Waals surface area (Å²) in [5.41, 5.74) is 0.0751. The Labute approximate surface area is 104 Å². The molecule has 0 unspecified atom stereocenters. The molecule has 1 heterocycles. The second-order valence-electron chi connectivity index (χ2n) is 2.97. The number of halogens is 4. The van der Waals surface area contributed by atoms with Crippen molar-refractivity contribution in [1.82, 2.24) is 4.98 Å². The van der Waals surface area contributed by atoms with Gasteiger partial charge in [-0.2, -0.15) is 0 Å². The number of alkyl halides is 3. The van der Waals surface area contributed by atoms with E-state index in [1.54, 1.807) is 0 Å². The van der Waals surface area contributed by atoms with Crippen molar-refractivity contribution < 1.29 is 18.7 Å². The molecule has 7 heteroatoms. The molecule has 0 bridgehead atoms. The van der Waals surface area contributed by atoms with E-state index >= 15 is 0 Å². The summed E-state index contributed by atoms with van der Waals surface area (Å²) in [6.07, 6.45) is -3.07. The molecule has 0 aliphatic carbocycles. The van der Waals surface area contributed by atoms with E-state index < -0.39 is 18.1 Å². The van der Waals surface area contributed by atoms with Gasteiger partial charge in [0.15, 0.2) is 0 Å². The Morgan fingerprint density at radius 1 is 1.62 bits per heavy atom. The molecular weight excluding hydrogens is 307 g/mol. The molecule has 0 radical (unpaired) electrons. The van der Waals surface area contributed by atoms with Crippen molar-refractivity contribution in [3.8, 4) is 0 Å². The lowest BCUT2D eigenvalue weighted by molar-refractivity contribution is -0.136. The van der Waals surface area contributed by atoms with Crippen molar-refractivity contribution in [2.45, 2.75) is 18.2 Å². The van der Waals surface area contributed by atoms with Crippen LogP contribution < -0.4 is 0 Å². The van der Waals surface area contributed by atoms with Crippen molar-refractivity contribution in [3.05, 3.63) is 28.0 Å². The molecule has 1 N–H and O–H groups in total. The van der Waals surface area contributed by atoms with Crippen molar-refractivity contribution in [3.63, 3.8) is 0 Å². The molecule has 1 rings (SSSR count). The van der Waals surface area contributed by atoms with E-state index in [0.29, 0.717) is 5.56 Å². The summed E-state index contributed by atoms with van der Waals surface area (Å²) in [5, 5.41) is 8.61. The Morgan fingerprint density at radius 2 is 2.25 bits per heavy atom. The van der Waals surface area contributed by atoms with Gasteiger partial charge in [-0.3, -0.25) is 4.79 Å². The first-order valence-corrected chi connectivity index (χ1v) is 5.69. The van der Waals surface area contributed by atoms with Crippen LogP contribution in [0.15, 0.2) is 6.07 Å². The molecule has 0 atom stereocenters. The van der Waals surface area contributed by atoms with Crippen molar-refractivity contribution in [1.29, 1.82) is 0 Å². The van der Waals surface area contributed by atoms with Gasteiger partial charge >= 0.3 is 5.97 Å². The van der Waals surface area contributed by atoms with E-state index in [1.165, 1.54) is 6.07 Å². The zero-order valence-corrected chi connectivity index (χ0v) is 10.2. The van der Waals surface area contributed by atoms with Crippen molar-refractivity contribution >= 4 is 33.5 Å². The Balaban J connectivity index is 3.20. The maximum absolute atomic E-state index is 12.5. The monoisotopic (exact) mass is 313 g/mol. The fraction of sp³-hybridized carbons (Fsp3) is 0.333. The Bertz CT molecular complexity index is 415. The highest BCUT2D eigenvalue weighted by molar-refractivity contribution is 9.08. The summed E-state index contributed by atoms with van der Waals surface area (Å²) in [4.78, 5) is 14.2. The van der Waals surface area contributed by atoms with Crippen LogP contribution in [0, 0.1) is 0 Å². The molecule has 0 spiro atoms. The summed E-state index contributed by atoms with van der Waals surface area (Å²) in [5.74, 6) is -1.06. The normalized spacial score (nSPS) is 10.8. The topological polar surface area (TPSA) is 50.2 Å². The predicted octanol–water partition coefficient (Wildman–Crippen LogP) is 3.19. The second-order valence-corrected chi connectivity index (χ2v) is 3.93. The fourth-order valence-electron chi connectivity index (χ4n) is 1.17. The maximum atomic E-state index is 12.5. The minimum absolute atomic E-state index is 0.201. The highest BCUT2D eigenvalue weighted by atomic mass is 79.9. The lowest BCUT2D eigenvalue weighted by atomic mass is 10.1. The van der Waals surface area contributed by atoms with Gasteiger partial charge in [0.05, 0.1) is 17.1 Å². The fourth-order valence-corrected chi connectivity index (χ4v) is 1.91. The van der Waals surface area contributed by atoms with Crippen molar-refractivity contribution in [2.24, 2.45) is 0 Å². The van der Waals surface area contributed by atoms with E-state index in [0.717, 1.165) is 0 Å². The van der Waals surface area contributed by atoms with Gasteiger partial charge in [-0.1, -0.05) is 27.5 Å². The van der Waals surface area contributed by atoms with Gasteiger partial charge in [-0.25, -0.2) is 13.8 Å². The molecule has 1 aromatic heterocycles. The van der Waals surface area contributed by atoms with Gasteiger partial charge in [-0.15, -0.1) is 0 Å². The number of aromatic nitrogens is 1. The van der Waals surface area contributed by atoms with Crippen LogP contribution in [0.25, 0.3) is 0 Å². The highest BCUT2D eigenvalue weighted by Gasteiger charge is 2.18. The molecule has 0 fully saturated rings. The minimum Gasteiger partial charge on any atom is -0.481 e. The third kappa shape index (κ3) is 3.12. The number of rotatable bonds is 4. The third-order valence-corrected chi connectivity index (χ3v) is 2.68. The average molecular weight is 315 g/mol. The summed E-state index contributed by atoms with van der Waals surface area (Å²) in [6.45, 7) is 0. The number of carboxylic acids is 1. The second kappa shape index (κ2) is 5.54. The first-order chi connectivity index (χ1) is 7.45. The zero-order valence-electron chi connectivity index (χ0n) is 7.88. The number of carbonyl (C=O) groups is 1. The maximum Gasteiger partial charge on any atom is 0.307 e. The lowest BCUT2D eigenvalue weighted by Crippen LogP contribution is -2.07. The number of hydrogen-bond acceptors (Lipinski definition) is 2. The standard InChI is InChI=1S/C9H7BrClF2NO2/c10-3-6-4(2-7(15)16)1-5(11)8(14-6)9(12)13/h1,9H,2-3H2,(H,15,16). The molecule has 1 aromatic rings. The van der Waals surface area contributed by atoms with Crippen LogP contribution in [0.4, 0.5) is 8.78 Å². The van der Waals surface area contributed by atoms with Crippen LogP contribution in [0.5, 0.6) is 0 Å². The molecule has 0 aliphatic heterocycles. The molecule has 0 saturated carbocycles. The molecule has 3 nitrogen and oxygen atoms in total.